The van der Waals surface area contributed by atoms with E-state index in [4.69, 9.17) is 16.7 Å². The van der Waals surface area contributed by atoms with Gasteiger partial charge in [0.15, 0.2) is 5.82 Å². The summed E-state index contributed by atoms with van der Waals surface area (Å²) in [6, 6.07) is 24.8. The third kappa shape index (κ3) is 3.29. The molecule has 148 valence electrons. The van der Waals surface area contributed by atoms with Gasteiger partial charge in [0, 0.05) is 12.6 Å². The molecule has 0 saturated carbocycles. The van der Waals surface area contributed by atoms with Crippen LogP contribution in [0.3, 0.4) is 0 Å². The number of H-pyrrole nitrogens is 1. The molecule has 0 saturated heterocycles. The number of imidazole rings is 1. The third-order valence-corrected chi connectivity index (χ3v) is 5.28. The lowest BCUT2D eigenvalue weighted by atomic mass is 9.98. The zero-order valence-electron chi connectivity index (χ0n) is 16.3. The summed E-state index contributed by atoms with van der Waals surface area (Å²) >= 11 is 5.00. The van der Waals surface area contributed by atoms with E-state index in [9.17, 15) is 0 Å². The smallest absolute Gasteiger partial charge is 0.314 e. The molecule has 0 aliphatic rings. The molecule has 0 fully saturated rings. The number of para-hydroxylation sites is 2. The van der Waals surface area contributed by atoms with Gasteiger partial charge in [-0.1, -0.05) is 60.7 Å². The molecule has 30 heavy (non-hydrogen) atoms. The van der Waals surface area contributed by atoms with E-state index in [1.165, 1.54) is 5.56 Å². The van der Waals surface area contributed by atoms with Crippen molar-refractivity contribution in [2.24, 2.45) is 0 Å². The van der Waals surface area contributed by atoms with E-state index >= 15 is 0 Å². The number of hydrogen-bond acceptors (Lipinski definition) is 5. The Labute approximate surface area is 178 Å². The van der Waals surface area contributed by atoms with Crippen LogP contribution in [0.4, 0.5) is 5.95 Å². The summed E-state index contributed by atoms with van der Waals surface area (Å²) in [4.78, 5) is 9.12. The van der Waals surface area contributed by atoms with Gasteiger partial charge in [-0.2, -0.15) is 4.98 Å². The number of rotatable bonds is 5. The summed E-state index contributed by atoms with van der Waals surface area (Å²) in [5, 5.41) is 5.99. The van der Waals surface area contributed by atoms with Crippen LogP contribution < -0.4 is 5.32 Å². The van der Waals surface area contributed by atoms with Crippen molar-refractivity contribution in [2.45, 2.75) is 6.54 Å². The molecule has 5 rings (SSSR count). The Balaban J connectivity index is 1.49. The highest BCUT2D eigenvalue weighted by Crippen LogP contribution is 2.30. The first-order valence-corrected chi connectivity index (χ1v) is 10.0. The van der Waals surface area contributed by atoms with Crippen LogP contribution in [0.1, 0.15) is 5.56 Å². The lowest BCUT2D eigenvalue weighted by Crippen LogP contribution is -2.05. The molecule has 2 aromatic heterocycles. The second kappa shape index (κ2) is 7.61. The van der Waals surface area contributed by atoms with Gasteiger partial charge in [-0.25, -0.2) is 10.1 Å². The molecule has 0 aliphatic heterocycles. The maximum absolute atomic E-state index is 5.11. The molecule has 0 aliphatic carbocycles. The van der Waals surface area contributed by atoms with Crippen LogP contribution in [-0.4, -0.2) is 26.7 Å². The summed E-state index contributed by atoms with van der Waals surface area (Å²) in [5.74, 6) is 1.48. The molecule has 5 aromatic rings. The first kappa shape index (κ1) is 18.3. The van der Waals surface area contributed by atoms with E-state index in [0.717, 1.165) is 40.2 Å². The average molecular weight is 414 g/mol. The predicted molar refractivity (Wildman–Crippen MR) is 121 cm³/mol. The maximum atomic E-state index is 5.11. The van der Waals surface area contributed by atoms with Gasteiger partial charge in [-0.3, -0.25) is 0 Å². The van der Waals surface area contributed by atoms with Gasteiger partial charge in [-0.05, 0) is 41.0 Å². The number of nitrogens with one attached hydrogen (secondary N) is 2. The van der Waals surface area contributed by atoms with Crippen molar-refractivity contribution in [3.05, 3.63) is 83.2 Å². The lowest BCUT2D eigenvalue weighted by molar-refractivity contribution is 0.406. The van der Waals surface area contributed by atoms with Crippen LogP contribution in [0, 0.1) is 4.84 Å². The summed E-state index contributed by atoms with van der Waals surface area (Å²) in [6.45, 7) is 0.731. The van der Waals surface area contributed by atoms with Crippen LogP contribution >= 0.6 is 12.2 Å². The molecule has 7 heteroatoms. The predicted octanol–water partition coefficient (Wildman–Crippen LogP) is 5.51. The molecule has 0 bridgehead atoms. The SMILES string of the molecule is CNc1nc2ccccc2n1Cc1ccc(-c2ccccc2-c2nc(=S)o[nH]2)cc1. The Kier molecular flexibility index (Phi) is 4.65. The zero-order chi connectivity index (χ0) is 20.5. The molecular formula is C23H19N5OS. The number of fused-ring (bicyclic) bond motifs is 1. The van der Waals surface area contributed by atoms with Crippen molar-refractivity contribution in [3.8, 4) is 22.5 Å². The Hall–Kier alpha value is -3.71. The molecule has 3 aromatic carbocycles. The molecule has 0 unspecified atom stereocenters. The Morgan fingerprint density at radius 3 is 2.40 bits per heavy atom. The molecule has 6 nitrogen and oxygen atoms in total. The fourth-order valence-electron chi connectivity index (χ4n) is 3.68. The first-order valence-electron chi connectivity index (χ1n) is 9.60. The average Bonchev–Trinajstić information content (AvgIpc) is 3.38. The normalized spacial score (nSPS) is 11.1. The minimum absolute atomic E-state index is 0.197. The van der Waals surface area contributed by atoms with Gasteiger partial charge >= 0.3 is 4.84 Å². The Bertz CT molecular complexity index is 1380. The van der Waals surface area contributed by atoms with Gasteiger partial charge < -0.3 is 14.4 Å². The van der Waals surface area contributed by atoms with E-state index in [0.29, 0.717) is 5.82 Å². The molecule has 0 spiro atoms. The fraction of sp³-hybridized carbons (Fsp3) is 0.0870. The van der Waals surface area contributed by atoms with Gasteiger partial charge in [0.1, 0.15) is 0 Å². The van der Waals surface area contributed by atoms with E-state index < -0.39 is 0 Å². The Morgan fingerprint density at radius 1 is 0.933 bits per heavy atom. The van der Waals surface area contributed by atoms with E-state index in [1.54, 1.807) is 0 Å². The first-order chi connectivity index (χ1) is 14.7. The molecule has 2 N–H and O–H groups in total. The summed E-state index contributed by atoms with van der Waals surface area (Å²) < 4.78 is 7.30. The second-order valence-corrected chi connectivity index (χ2v) is 7.28. The Morgan fingerprint density at radius 2 is 1.67 bits per heavy atom. The van der Waals surface area contributed by atoms with Crippen molar-refractivity contribution in [1.82, 2.24) is 19.7 Å². The van der Waals surface area contributed by atoms with Gasteiger partial charge in [-0.15, -0.1) is 0 Å². The van der Waals surface area contributed by atoms with E-state index in [-0.39, 0.29) is 4.84 Å². The molecule has 0 atom stereocenters. The quantitative estimate of drug-likeness (QED) is 0.372. The summed E-state index contributed by atoms with van der Waals surface area (Å²) in [7, 11) is 1.90. The third-order valence-electron chi connectivity index (χ3n) is 5.10. The molecule has 0 amide bonds. The topological polar surface area (TPSA) is 71.7 Å². The number of aromatic amines is 1. The fourth-order valence-corrected chi connectivity index (χ4v) is 3.82. The van der Waals surface area contributed by atoms with Crippen LogP contribution in [-0.2, 0) is 6.54 Å². The number of anilines is 1. The van der Waals surface area contributed by atoms with Gasteiger partial charge in [0.05, 0.1) is 17.6 Å². The standard InChI is InChI=1S/C23H19N5OS/c1-24-22-25-19-8-4-5-9-20(19)28(22)14-15-10-12-16(13-11-15)17-6-2-3-7-18(17)21-26-23(30)29-27-21/h2-13H,14H2,1H3,(H,24,25)(H,26,27,30). The van der Waals surface area contributed by atoms with E-state index in [2.05, 4.69) is 61.4 Å². The van der Waals surface area contributed by atoms with Crippen molar-refractivity contribution < 1.29 is 4.52 Å². The van der Waals surface area contributed by atoms with Crippen molar-refractivity contribution in [3.63, 3.8) is 0 Å². The van der Waals surface area contributed by atoms with Crippen LogP contribution in [0.5, 0.6) is 0 Å². The van der Waals surface area contributed by atoms with Gasteiger partial charge in [0.2, 0.25) is 5.95 Å². The highest BCUT2D eigenvalue weighted by Gasteiger charge is 2.12. The molecular weight excluding hydrogens is 394 g/mol. The lowest BCUT2D eigenvalue weighted by Gasteiger charge is -2.11. The minimum Gasteiger partial charge on any atom is -0.359 e. The largest absolute Gasteiger partial charge is 0.359 e. The van der Waals surface area contributed by atoms with Crippen LogP contribution in [0.2, 0.25) is 0 Å². The summed E-state index contributed by atoms with van der Waals surface area (Å²) in [5.41, 5.74) is 6.39. The van der Waals surface area contributed by atoms with E-state index in [1.807, 2.05) is 43.4 Å². The van der Waals surface area contributed by atoms with Crippen molar-refractivity contribution >= 4 is 29.2 Å². The monoisotopic (exact) mass is 413 g/mol. The van der Waals surface area contributed by atoms with Crippen molar-refractivity contribution in [2.75, 3.05) is 12.4 Å². The van der Waals surface area contributed by atoms with Crippen molar-refractivity contribution in [1.29, 1.82) is 0 Å². The summed E-state index contributed by atoms with van der Waals surface area (Å²) in [6.07, 6.45) is 0. The second-order valence-electron chi connectivity index (χ2n) is 6.93. The van der Waals surface area contributed by atoms with Crippen LogP contribution in [0.15, 0.2) is 77.3 Å². The molecule has 2 heterocycles. The zero-order valence-corrected chi connectivity index (χ0v) is 17.1. The highest BCUT2D eigenvalue weighted by atomic mass is 32.1. The number of hydrogen-bond donors (Lipinski definition) is 2. The number of nitrogens with zero attached hydrogens (tertiary/aromatic N) is 3. The minimum atomic E-state index is 0.197. The highest BCUT2D eigenvalue weighted by molar-refractivity contribution is 7.71. The number of benzene rings is 3. The molecule has 0 radical (unpaired) electrons. The number of aromatic nitrogens is 4. The maximum Gasteiger partial charge on any atom is 0.314 e. The van der Waals surface area contributed by atoms with Gasteiger partial charge in [0.25, 0.3) is 0 Å². The van der Waals surface area contributed by atoms with Crippen LogP contribution in [0.25, 0.3) is 33.5 Å².